The average Bonchev–Trinajstić information content (AvgIpc) is 2.05. The Labute approximate surface area is 88.5 Å². The van der Waals surface area contributed by atoms with Gasteiger partial charge in [-0.1, -0.05) is 6.07 Å². The van der Waals surface area contributed by atoms with Crippen LogP contribution < -0.4 is 0 Å². The van der Waals surface area contributed by atoms with E-state index in [1.54, 1.807) is 6.92 Å². The molecule has 1 unspecified atom stereocenters. The predicted octanol–water partition coefficient (Wildman–Crippen LogP) is 1.15. The highest BCUT2D eigenvalue weighted by molar-refractivity contribution is 7.90. The van der Waals surface area contributed by atoms with Gasteiger partial charge in [0.2, 0.25) is 0 Å². The first-order chi connectivity index (χ1) is 6.80. The van der Waals surface area contributed by atoms with Gasteiger partial charge in [-0.2, -0.15) is 0 Å². The van der Waals surface area contributed by atoms with Crippen LogP contribution in [-0.2, 0) is 16.3 Å². The topological polar surface area (TPSA) is 54.4 Å². The number of sulfone groups is 1. The average molecular weight is 232 g/mol. The van der Waals surface area contributed by atoms with Gasteiger partial charge in [0, 0.05) is 12.7 Å². The van der Waals surface area contributed by atoms with E-state index in [1.807, 2.05) is 0 Å². The molecule has 0 aliphatic heterocycles. The molecule has 0 heterocycles. The molecule has 0 aliphatic rings. The van der Waals surface area contributed by atoms with E-state index in [4.69, 9.17) is 5.11 Å². The van der Waals surface area contributed by atoms with Gasteiger partial charge in [0.25, 0.3) is 0 Å². The summed E-state index contributed by atoms with van der Waals surface area (Å²) in [5.74, 6) is -0.598. The lowest BCUT2D eigenvalue weighted by Gasteiger charge is -2.06. The van der Waals surface area contributed by atoms with Crippen molar-refractivity contribution in [1.82, 2.24) is 0 Å². The van der Waals surface area contributed by atoms with Crippen LogP contribution in [-0.4, -0.2) is 25.9 Å². The minimum Gasteiger partial charge on any atom is -0.393 e. The van der Waals surface area contributed by atoms with Crippen molar-refractivity contribution in [3.05, 3.63) is 29.6 Å². The summed E-state index contributed by atoms with van der Waals surface area (Å²) in [5.41, 5.74) is 0.317. The highest BCUT2D eigenvalue weighted by Crippen LogP contribution is 2.16. The summed E-state index contributed by atoms with van der Waals surface area (Å²) >= 11 is 0. The maximum absolute atomic E-state index is 13.4. The first kappa shape index (κ1) is 12.1. The zero-order chi connectivity index (χ0) is 11.6. The molecular weight excluding hydrogens is 219 g/mol. The third-order valence-corrected chi connectivity index (χ3v) is 3.08. The van der Waals surface area contributed by atoms with E-state index < -0.39 is 21.8 Å². The normalized spacial score (nSPS) is 13.9. The summed E-state index contributed by atoms with van der Waals surface area (Å²) in [6.07, 6.45) is 0.551. The molecule has 0 saturated carbocycles. The fourth-order valence-electron chi connectivity index (χ4n) is 1.24. The number of aliphatic hydroxyl groups excluding tert-OH is 1. The molecule has 15 heavy (non-hydrogen) atoms. The van der Waals surface area contributed by atoms with Crippen molar-refractivity contribution in [2.24, 2.45) is 0 Å². The van der Waals surface area contributed by atoms with Crippen molar-refractivity contribution < 1.29 is 17.9 Å². The second kappa shape index (κ2) is 4.28. The lowest BCUT2D eigenvalue weighted by atomic mass is 10.1. The molecule has 3 nitrogen and oxygen atoms in total. The lowest BCUT2D eigenvalue weighted by molar-refractivity contribution is 0.194. The molecule has 0 fully saturated rings. The van der Waals surface area contributed by atoms with E-state index in [9.17, 15) is 12.8 Å². The Kier molecular flexibility index (Phi) is 3.46. The predicted molar refractivity (Wildman–Crippen MR) is 54.9 cm³/mol. The standard InChI is InChI=1S/C10H13FO3S/c1-7(12)5-8-3-4-9(6-10(8)11)15(2,13)14/h3-4,6-7,12H,5H2,1-2H3. The van der Waals surface area contributed by atoms with Crippen LogP contribution in [0.2, 0.25) is 0 Å². The Hall–Kier alpha value is -0.940. The maximum Gasteiger partial charge on any atom is 0.175 e. The zero-order valence-corrected chi connectivity index (χ0v) is 9.38. The van der Waals surface area contributed by atoms with Gasteiger partial charge < -0.3 is 5.11 Å². The largest absolute Gasteiger partial charge is 0.393 e. The van der Waals surface area contributed by atoms with Crippen molar-refractivity contribution >= 4 is 9.84 Å². The van der Waals surface area contributed by atoms with Crippen molar-refractivity contribution in [2.75, 3.05) is 6.26 Å². The van der Waals surface area contributed by atoms with E-state index in [1.165, 1.54) is 12.1 Å². The molecule has 1 aromatic rings. The van der Waals surface area contributed by atoms with Gasteiger partial charge in [-0.05, 0) is 24.6 Å². The molecule has 1 atom stereocenters. The van der Waals surface area contributed by atoms with Gasteiger partial charge >= 0.3 is 0 Å². The quantitative estimate of drug-likeness (QED) is 0.850. The van der Waals surface area contributed by atoms with Gasteiger partial charge in [-0.15, -0.1) is 0 Å². The second-order valence-corrected chi connectivity index (χ2v) is 5.59. The number of benzene rings is 1. The zero-order valence-electron chi connectivity index (χ0n) is 8.57. The summed E-state index contributed by atoms with van der Waals surface area (Å²) in [6, 6.07) is 3.71. The fourth-order valence-corrected chi connectivity index (χ4v) is 1.88. The van der Waals surface area contributed by atoms with E-state index in [0.717, 1.165) is 12.3 Å². The van der Waals surface area contributed by atoms with Gasteiger partial charge in [0.05, 0.1) is 11.0 Å². The molecule has 0 bridgehead atoms. The Balaban J connectivity index is 3.09. The Morgan fingerprint density at radius 1 is 1.47 bits per heavy atom. The van der Waals surface area contributed by atoms with Crippen LogP contribution in [0.1, 0.15) is 12.5 Å². The van der Waals surface area contributed by atoms with Gasteiger partial charge in [0.15, 0.2) is 9.84 Å². The van der Waals surface area contributed by atoms with Crippen molar-refractivity contribution in [3.63, 3.8) is 0 Å². The van der Waals surface area contributed by atoms with E-state index >= 15 is 0 Å². The van der Waals surface area contributed by atoms with Crippen molar-refractivity contribution in [1.29, 1.82) is 0 Å². The number of halogens is 1. The van der Waals surface area contributed by atoms with E-state index in [0.29, 0.717) is 5.56 Å². The SMILES string of the molecule is CC(O)Cc1ccc(S(C)(=O)=O)cc1F. The maximum atomic E-state index is 13.4. The summed E-state index contributed by atoms with van der Waals surface area (Å²) in [5, 5.41) is 9.07. The molecule has 0 spiro atoms. The summed E-state index contributed by atoms with van der Waals surface area (Å²) < 4.78 is 35.6. The number of hydrogen-bond acceptors (Lipinski definition) is 3. The van der Waals surface area contributed by atoms with Gasteiger partial charge in [0.1, 0.15) is 5.82 Å². The van der Waals surface area contributed by atoms with E-state index in [2.05, 4.69) is 0 Å². The molecule has 1 rings (SSSR count). The molecule has 84 valence electrons. The molecular formula is C10H13FO3S. The first-order valence-electron chi connectivity index (χ1n) is 4.47. The molecule has 0 saturated heterocycles. The van der Waals surface area contributed by atoms with Crippen LogP contribution in [0.15, 0.2) is 23.1 Å². The van der Waals surface area contributed by atoms with E-state index in [-0.39, 0.29) is 11.3 Å². The van der Waals surface area contributed by atoms with Crippen LogP contribution in [0.3, 0.4) is 0 Å². The Morgan fingerprint density at radius 3 is 2.47 bits per heavy atom. The van der Waals surface area contributed by atoms with Crippen LogP contribution in [0.25, 0.3) is 0 Å². The van der Waals surface area contributed by atoms with Crippen molar-refractivity contribution in [2.45, 2.75) is 24.3 Å². The number of rotatable bonds is 3. The summed E-state index contributed by atoms with van der Waals surface area (Å²) in [6.45, 7) is 1.55. The Morgan fingerprint density at radius 2 is 2.07 bits per heavy atom. The highest BCUT2D eigenvalue weighted by Gasteiger charge is 2.11. The molecule has 0 aliphatic carbocycles. The third kappa shape index (κ3) is 3.28. The monoisotopic (exact) mass is 232 g/mol. The lowest BCUT2D eigenvalue weighted by Crippen LogP contribution is -2.07. The van der Waals surface area contributed by atoms with Crippen LogP contribution in [0.5, 0.6) is 0 Å². The van der Waals surface area contributed by atoms with Crippen LogP contribution >= 0.6 is 0 Å². The molecule has 0 aromatic heterocycles. The summed E-state index contributed by atoms with van der Waals surface area (Å²) in [7, 11) is -3.37. The van der Waals surface area contributed by atoms with Crippen LogP contribution in [0.4, 0.5) is 4.39 Å². The number of hydrogen-bond donors (Lipinski definition) is 1. The second-order valence-electron chi connectivity index (χ2n) is 3.58. The molecule has 0 amide bonds. The summed E-state index contributed by atoms with van der Waals surface area (Å²) in [4.78, 5) is -0.0469. The number of aliphatic hydroxyl groups is 1. The highest BCUT2D eigenvalue weighted by atomic mass is 32.2. The minimum absolute atomic E-state index is 0.0469. The van der Waals surface area contributed by atoms with Crippen molar-refractivity contribution in [3.8, 4) is 0 Å². The molecule has 1 aromatic carbocycles. The third-order valence-electron chi connectivity index (χ3n) is 1.97. The smallest absolute Gasteiger partial charge is 0.175 e. The fraction of sp³-hybridized carbons (Fsp3) is 0.400. The molecule has 0 radical (unpaired) electrons. The molecule has 1 N–H and O–H groups in total. The van der Waals surface area contributed by atoms with Gasteiger partial charge in [-0.25, -0.2) is 12.8 Å². The Bertz CT molecular complexity index is 452. The van der Waals surface area contributed by atoms with Crippen LogP contribution in [0, 0.1) is 5.82 Å². The minimum atomic E-state index is -3.37. The first-order valence-corrected chi connectivity index (χ1v) is 6.36. The molecule has 5 heteroatoms. The van der Waals surface area contributed by atoms with Gasteiger partial charge in [-0.3, -0.25) is 0 Å².